The molecule has 2 saturated carbocycles. The number of rotatable bonds is 0. The Hall–Kier alpha value is -0.491. The average molecular weight is 479 g/mol. The zero-order valence-electron chi connectivity index (χ0n) is 16.7. The molecule has 29 heavy (non-hydrogen) atoms. The van der Waals surface area contributed by atoms with Crippen LogP contribution in [-0.4, -0.2) is 54.7 Å². The van der Waals surface area contributed by atoms with Crippen LogP contribution in [0.25, 0.3) is 0 Å². The van der Waals surface area contributed by atoms with E-state index in [1.165, 1.54) is 51.4 Å². The van der Waals surface area contributed by atoms with Crippen molar-refractivity contribution < 1.29 is 13.1 Å². The second-order valence-corrected chi connectivity index (χ2v) is 9.87. The van der Waals surface area contributed by atoms with Gasteiger partial charge in [0.2, 0.25) is 0 Å². The predicted molar refractivity (Wildman–Crippen MR) is 119 cm³/mol. The fourth-order valence-corrected chi connectivity index (χ4v) is 4.53. The van der Waals surface area contributed by atoms with Crippen LogP contribution in [0, 0.1) is 0 Å². The molecule has 1 aromatic rings. The van der Waals surface area contributed by atoms with Gasteiger partial charge in [0.1, 0.15) is 0 Å². The molecule has 2 fully saturated rings. The molecule has 2 bridgehead atoms. The molecule has 1 aliphatic heterocycles. The molecule has 0 aromatic carbocycles. The number of nitrogens with one attached hydrogen (secondary N) is 2. The SMILES string of the molecule is C1=NC2CCCCC2NCCNC2CCCC[C@H]2N=Cc2cccc1n2.[Cl][Mn][Cl]. The van der Waals surface area contributed by atoms with Crippen molar-refractivity contribution in [3.63, 3.8) is 0 Å². The van der Waals surface area contributed by atoms with Crippen molar-refractivity contribution in [3.05, 3.63) is 29.6 Å². The Kier molecular flexibility index (Phi) is 10.4. The number of pyridine rings is 1. The van der Waals surface area contributed by atoms with Gasteiger partial charge < -0.3 is 10.6 Å². The summed E-state index contributed by atoms with van der Waals surface area (Å²) < 4.78 is 0. The fraction of sp³-hybridized carbons (Fsp3) is 0.667. The van der Waals surface area contributed by atoms with E-state index in [0.29, 0.717) is 24.2 Å². The van der Waals surface area contributed by atoms with Crippen molar-refractivity contribution in [3.8, 4) is 0 Å². The van der Waals surface area contributed by atoms with Crippen LogP contribution in [-0.2, 0) is 13.1 Å². The molecule has 5 nitrogen and oxygen atoms in total. The number of hydrogen-bond acceptors (Lipinski definition) is 5. The van der Waals surface area contributed by atoms with E-state index in [4.69, 9.17) is 35.2 Å². The molecule has 2 aliphatic carbocycles. The average Bonchev–Trinajstić information content (AvgIpc) is 2.76. The number of fused-ring (bicyclic) bond motifs is 4. The molecule has 0 radical (unpaired) electrons. The van der Waals surface area contributed by atoms with Gasteiger partial charge in [0.05, 0.1) is 23.5 Å². The summed E-state index contributed by atoms with van der Waals surface area (Å²) in [5.41, 5.74) is 1.87. The summed E-state index contributed by atoms with van der Waals surface area (Å²) in [6.07, 6.45) is 13.9. The first kappa shape index (κ1) is 23.2. The second-order valence-electron chi connectivity index (χ2n) is 7.92. The second kappa shape index (κ2) is 13.0. The molecule has 4 atom stereocenters. The van der Waals surface area contributed by atoms with Crippen molar-refractivity contribution in [2.75, 3.05) is 13.1 Å². The molecule has 3 unspecified atom stereocenters. The van der Waals surface area contributed by atoms with Gasteiger partial charge in [-0.15, -0.1) is 0 Å². The summed E-state index contributed by atoms with van der Waals surface area (Å²) in [6.45, 7) is 2.02. The van der Waals surface area contributed by atoms with Gasteiger partial charge in [-0.05, 0) is 37.8 Å². The molecule has 3 aliphatic rings. The summed E-state index contributed by atoms with van der Waals surface area (Å²) in [6, 6.07) is 7.86. The maximum absolute atomic E-state index is 4.89. The molecule has 2 N–H and O–H groups in total. The molecule has 1 aromatic heterocycles. The fourth-order valence-electron chi connectivity index (χ4n) is 4.53. The van der Waals surface area contributed by atoms with E-state index in [9.17, 15) is 0 Å². The van der Waals surface area contributed by atoms with Crippen molar-refractivity contribution in [1.82, 2.24) is 15.6 Å². The van der Waals surface area contributed by atoms with E-state index < -0.39 is 0 Å². The normalized spacial score (nSPS) is 30.0. The zero-order chi connectivity index (χ0) is 20.3. The van der Waals surface area contributed by atoms with Crippen LogP contribution < -0.4 is 10.6 Å². The van der Waals surface area contributed by atoms with Gasteiger partial charge in [-0.25, -0.2) is 4.98 Å². The van der Waals surface area contributed by atoms with Gasteiger partial charge in [-0.3, -0.25) is 9.98 Å². The molecular weight excluding hydrogens is 448 g/mol. The molecule has 0 spiro atoms. The van der Waals surface area contributed by atoms with Gasteiger partial charge in [0.25, 0.3) is 0 Å². The number of halogens is 2. The van der Waals surface area contributed by atoms with Gasteiger partial charge in [0, 0.05) is 37.6 Å². The molecule has 2 heterocycles. The van der Waals surface area contributed by atoms with E-state index in [-0.39, 0.29) is 13.1 Å². The molecule has 4 rings (SSSR count). The Morgan fingerprint density at radius 2 is 1.21 bits per heavy atom. The minimum atomic E-state index is 0.00694. The first-order chi connectivity index (χ1) is 14.3. The maximum atomic E-state index is 4.89. The number of hydrogen-bond donors (Lipinski definition) is 2. The minimum absolute atomic E-state index is 0.00694. The first-order valence-corrected chi connectivity index (χ1v) is 13.9. The van der Waals surface area contributed by atoms with Crippen LogP contribution in [0.2, 0.25) is 0 Å². The summed E-state index contributed by atoms with van der Waals surface area (Å²) in [5.74, 6) is 0. The van der Waals surface area contributed by atoms with Crippen LogP contribution >= 0.6 is 20.2 Å². The monoisotopic (exact) mass is 478 g/mol. The third-order valence-electron chi connectivity index (χ3n) is 5.99. The van der Waals surface area contributed by atoms with E-state index in [0.717, 1.165) is 24.5 Å². The summed E-state index contributed by atoms with van der Waals surface area (Å²) in [5, 5.41) is 7.52. The van der Waals surface area contributed by atoms with Crippen LogP contribution in [0.5, 0.6) is 0 Å². The quantitative estimate of drug-likeness (QED) is 0.551. The summed E-state index contributed by atoms with van der Waals surface area (Å²) in [4.78, 5) is 14.5. The van der Waals surface area contributed by atoms with Gasteiger partial charge in [-0.2, -0.15) is 0 Å². The van der Waals surface area contributed by atoms with E-state index in [1.54, 1.807) is 0 Å². The van der Waals surface area contributed by atoms with Crippen LogP contribution in [0.15, 0.2) is 28.2 Å². The van der Waals surface area contributed by atoms with Gasteiger partial charge in [0.15, 0.2) is 0 Å². The van der Waals surface area contributed by atoms with Crippen LogP contribution in [0.1, 0.15) is 62.8 Å². The number of aliphatic imine (C=N–C) groups is 2. The van der Waals surface area contributed by atoms with E-state index in [2.05, 4.69) is 16.7 Å². The first-order valence-electron chi connectivity index (χ1n) is 10.7. The molecule has 161 valence electrons. The topological polar surface area (TPSA) is 61.7 Å². The van der Waals surface area contributed by atoms with Gasteiger partial charge in [-0.1, -0.05) is 31.7 Å². The van der Waals surface area contributed by atoms with Crippen molar-refractivity contribution in [2.24, 2.45) is 9.98 Å². The van der Waals surface area contributed by atoms with Gasteiger partial charge >= 0.3 is 33.3 Å². The Morgan fingerprint density at radius 3 is 1.69 bits per heavy atom. The number of nitrogens with zero attached hydrogens (tertiary/aromatic N) is 3. The summed E-state index contributed by atoms with van der Waals surface area (Å²) in [7, 11) is 9.59. The predicted octanol–water partition coefficient (Wildman–Crippen LogP) is 4.11. The number of aromatic nitrogens is 1. The standard InChI is InChI=1S/C21H31N5.2ClH.Mn/c1-3-10-20-18(8-1)22-12-13-23-19-9-2-4-11-21(19)25-15-17-7-5-6-16(26-17)14-24-20;;;/h5-7,14-15,18-23H,1-4,8-13H2;2*1H;/q;;;+2/p-2/t18?,19?,20-,21?;;;/m1.../s1. The van der Waals surface area contributed by atoms with Crippen molar-refractivity contribution in [1.29, 1.82) is 0 Å². The Morgan fingerprint density at radius 1 is 0.759 bits per heavy atom. The third-order valence-corrected chi connectivity index (χ3v) is 5.99. The molecular formula is C21H31Cl2MnN5. The molecule has 8 heteroatoms. The van der Waals surface area contributed by atoms with Crippen LogP contribution in [0.3, 0.4) is 0 Å². The Bertz CT molecular complexity index is 621. The molecule has 0 amide bonds. The van der Waals surface area contributed by atoms with Crippen molar-refractivity contribution >= 4 is 32.6 Å². The molecule has 0 saturated heterocycles. The van der Waals surface area contributed by atoms with Crippen LogP contribution in [0.4, 0.5) is 0 Å². The summed E-state index contributed by atoms with van der Waals surface area (Å²) >= 11 is 0.00694. The van der Waals surface area contributed by atoms with E-state index >= 15 is 0 Å². The Labute approximate surface area is 189 Å². The van der Waals surface area contributed by atoms with E-state index in [1.807, 2.05) is 24.6 Å². The Balaban J connectivity index is 0.000000755. The van der Waals surface area contributed by atoms with Crippen molar-refractivity contribution in [2.45, 2.75) is 75.5 Å². The zero-order valence-corrected chi connectivity index (χ0v) is 19.4. The third kappa shape index (κ3) is 7.61.